The second-order valence-corrected chi connectivity index (χ2v) is 3.58. The number of nitrogens with one attached hydrogen (secondary N) is 1. The van der Waals surface area contributed by atoms with Crippen LogP contribution in [0.15, 0.2) is 30.3 Å². The van der Waals surface area contributed by atoms with Crippen LogP contribution in [0.2, 0.25) is 0 Å². The number of hydrogen-bond acceptors (Lipinski definition) is 3. The van der Waals surface area contributed by atoms with Crippen LogP contribution in [0.1, 0.15) is 10.5 Å². The molecule has 0 saturated carbocycles. The fraction of sp³-hybridized carbons (Fsp3) is 0. The molecular weight excluding hydrogens is 204 g/mol. The first-order valence-electron chi connectivity index (χ1n) is 4.85. The molecule has 1 aromatic carbocycles. The molecule has 0 atom stereocenters. The van der Waals surface area contributed by atoms with E-state index in [0.717, 1.165) is 16.3 Å². The Morgan fingerprint density at radius 2 is 2.06 bits per heavy atom. The number of nitrogens with zero attached hydrogens (tertiary/aromatic N) is 1. The number of aromatic hydroxyl groups is 1. The molecule has 0 amide bonds. The van der Waals surface area contributed by atoms with E-state index in [1.54, 1.807) is 6.07 Å². The van der Waals surface area contributed by atoms with Gasteiger partial charge in [0.25, 0.3) is 0 Å². The summed E-state index contributed by atoms with van der Waals surface area (Å²) in [5, 5.41) is 11.2. The molecule has 0 bridgehead atoms. The number of fused-ring (bicyclic) bond motifs is 3. The number of benzene rings is 1. The van der Waals surface area contributed by atoms with Crippen molar-refractivity contribution in [3.63, 3.8) is 0 Å². The van der Waals surface area contributed by atoms with E-state index in [2.05, 4.69) is 9.97 Å². The Balaban J connectivity index is 2.59. The van der Waals surface area contributed by atoms with Gasteiger partial charge in [-0.3, -0.25) is 4.79 Å². The van der Waals surface area contributed by atoms with Gasteiger partial charge in [-0.15, -0.1) is 0 Å². The van der Waals surface area contributed by atoms with Crippen LogP contribution in [0.3, 0.4) is 0 Å². The molecule has 78 valence electrons. The van der Waals surface area contributed by atoms with Gasteiger partial charge >= 0.3 is 0 Å². The lowest BCUT2D eigenvalue weighted by Gasteiger charge is -1.95. The largest absolute Gasteiger partial charge is 0.493 e. The summed E-state index contributed by atoms with van der Waals surface area (Å²) < 4.78 is 0. The number of aldehydes is 1. The Bertz CT molecular complexity index is 701. The summed E-state index contributed by atoms with van der Waals surface area (Å²) in [5.74, 6) is -0.139. The van der Waals surface area contributed by atoms with Crippen LogP contribution < -0.4 is 0 Å². The molecule has 2 N–H and O–H groups in total. The number of pyridine rings is 1. The van der Waals surface area contributed by atoms with Gasteiger partial charge in [0.1, 0.15) is 5.69 Å². The number of hydrogen-bond donors (Lipinski definition) is 2. The van der Waals surface area contributed by atoms with E-state index < -0.39 is 0 Å². The maximum absolute atomic E-state index is 10.9. The number of carbonyl (C=O) groups is 1. The highest BCUT2D eigenvalue weighted by atomic mass is 16.3. The first-order chi connectivity index (χ1) is 7.79. The van der Waals surface area contributed by atoms with Gasteiger partial charge < -0.3 is 10.1 Å². The van der Waals surface area contributed by atoms with Crippen LogP contribution in [-0.4, -0.2) is 21.4 Å². The smallest absolute Gasteiger partial charge is 0.212 e. The summed E-state index contributed by atoms with van der Waals surface area (Å²) in [6, 6.07) is 9.23. The van der Waals surface area contributed by atoms with E-state index in [4.69, 9.17) is 0 Å². The van der Waals surface area contributed by atoms with Crippen molar-refractivity contribution in [2.24, 2.45) is 0 Å². The minimum atomic E-state index is -0.139. The zero-order valence-corrected chi connectivity index (χ0v) is 8.27. The third kappa shape index (κ3) is 1.10. The minimum Gasteiger partial charge on any atom is -0.493 e. The number of H-pyrrole nitrogens is 1. The van der Waals surface area contributed by atoms with Crippen molar-refractivity contribution in [3.8, 4) is 5.88 Å². The Morgan fingerprint density at radius 1 is 1.25 bits per heavy atom. The number of aromatic nitrogens is 2. The fourth-order valence-corrected chi connectivity index (χ4v) is 1.94. The van der Waals surface area contributed by atoms with Gasteiger partial charge in [0, 0.05) is 22.4 Å². The standard InChI is InChI=1S/C12H8N2O2/c15-6-10-12-8(5-11(16)13-10)7-3-1-2-4-9(7)14-12/h1-6,14H,(H,13,16). The molecule has 0 spiro atoms. The van der Waals surface area contributed by atoms with Crippen molar-refractivity contribution in [2.45, 2.75) is 0 Å². The summed E-state index contributed by atoms with van der Waals surface area (Å²) in [4.78, 5) is 17.7. The van der Waals surface area contributed by atoms with Crippen LogP contribution in [-0.2, 0) is 0 Å². The average Bonchev–Trinajstić information content (AvgIpc) is 2.67. The maximum Gasteiger partial charge on any atom is 0.212 e. The van der Waals surface area contributed by atoms with E-state index in [0.29, 0.717) is 11.8 Å². The minimum absolute atomic E-state index is 0.139. The lowest BCUT2D eigenvalue weighted by atomic mass is 10.1. The lowest BCUT2D eigenvalue weighted by molar-refractivity contribution is 0.111. The molecule has 3 aromatic rings. The number of rotatable bonds is 1. The van der Waals surface area contributed by atoms with Crippen molar-refractivity contribution < 1.29 is 9.90 Å². The Morgan fingerprint density at radius 3 is 2.88 bits per heavy atom. The van der Waals surface area contributed by atoms with Gasteiger partial charge in [0.05, 0.1) is 5.52 Å². The van der Waals surface area contributed by atoms with Crippen molar-refractivity contribution in [1.82, 2.24) is 9.97 Å². The van der Waals surface area contributed by atoms with Crippen LogP contribution in [0.4, 0.5) is 0 Å². The summed E-state index contributed by atoms with van der Waals surface area (Å²) >= 11 is 0. The summed E-state index contributed by atoms with van der Waals surface area (Å²) in [5.41, 5.74) is 1.81. The van der Waals surface area contributed by atoms with E-state index in [-0.39, 0.29) is 11.6 Å². The van der Waals surface area contributed by atoms with Crippen molar-refractivity contribution in [1.29, 1.82) is 0 Å². The molecule has 0 aliphatic rings. The maximum atomic E-state index is 10.9. The topological polar surface area (TPSA) is 66.0 Å². The van der Waals surface area contributed by atoms with Gasteiger partial charge in [0.2, 0.25) is 5.88 Å². The molecule has 0 unspecified atom stereocenters. The summed E-state index contributed by atoms with van der Waals surface area (Å²) in [6.07, 6.45) is 0.636. The molecule has 0 radical (unpaired) electrons. The second-order valence-electron chi connectivity index (χ2n) is 3.58. The Hall–Kier alpha value is -2.36. The van der Waals surface area contributed by atoms with Crippen LogP contribution >= 0.6 is 0 Å². The second kappa shape index (κ2) is 3.06. The Labute approximate surface area is 90.5 Å². The van der Waals surface area contributed by atoms with E-state index in [1.807, 2.05) is 24.3 Å². The quantitative estimate of drug-likeness (QED) is 0.608. The zero-order valence-electron chi connectivity index (χ0n) is 8.27. The molecule has 0 fully saturated rings. The third-order valence-electron chi connectivity index (χ3n) is 2.62. The fourth-order valence-electron chi connectivity index (χ4n) is 1.94. The van der Waals surface area contributed by atoms with E-state index >= 15 is 0 Å². The van der Waals surface area contributed by atoms with Crippen LogP contribution in [0.5, 0.6) is 5.88 Å². The predicted octanol–water partition coefficient (Wildman–Crippen LogP) is 2.23. The van der Waals surface area contributed by atoms with Crippen molar-refractivity contribution in [3.05, 3.63) is 36.0 Å². The Kier molecular flexibility index (Phi) is 1.71. The highest BCUT2D eigenvalue weighted by Gasteiger charge is 2.10. The lowest BCUT2D eigenvalue weighted by Crippen LogP contribution is -1.88. The highest BCUT2D eigenvalue weighted by molar-refractivity contribution is 6.11. The SMILES string of the molecule is O=Cc1nc(O)cc2c1[nH]c1ccccc12. The average molecular weight is 212 g/mol. The van der Waals surface area contributed by atoms with Crippen molar-refractivity contribution in [2.75, 3.05) is 0 Å². The highest BCUT2D eigenvalue weighted by Crippen LogP contribution is 2.28. The van der Waals surface area contributed by atoms with Gasteiger partial charge in [-0.25, -0.2) is 4.98 Å². The monoisotopic (exact) mass is 212 g/mol. The molecule has 4 nitrogen and oxygen atoms in total. The molecular formula is C12H8N2O2. The molecule has 0 saturated heterocycles. The number of carbonyl (C=O) groups excluding carboxylic acids is 1. The van der Waals surface area contributed by atoms with Gasteiger partial charge in [0.15, 0.2) is 6.29 Å². The molecule has 0 aliphatic carbocycles. The van der Waals surface area contributed by atoms with Gasteiger partial charge in [-0.2, -0.15) is 0 Å². The molecule has 16 heavy (non-hydrogen) atoms. The number of aromatic amines is 1. The zero-order chi connectivity index (χ0) is 11.1. The molecule has 2 aromatic heterocycles. The normalized spacial score (nSPS) is 11.0. The molecule has 0 aliphatic heterocycles. The van der Waals surface area contributed by atoms with Crippen LogP contribution in [0, 0.1) is 0 Å². The van der Waals surface area contributed by atoms with E-state index in [1.165, 1.54) is 0 Å². The van der Waals surface area contributed by atoms with E-state index in [9.17, 15) is 9.90 Å². The van der Waals surface area contributed by atoms with Crippen molar-refractivity contribution >= 4 is 28.1 Å². The van der Waals surface area contributed by atoms with Gasteiger partial charge in [-0.05, 0) is 6.07 Å². The number of para-hydroxylation sites is 1. The molecule has 4 heteroatoms. The first kappa shape index (κ1) is 8.91. The summed E-state index contributed by atoms with van der Waals surface area (Å²) in [7, 11) is 0. The third-order valence-corrected chi connectivity index (χ3v) is 2.62. The van der Waals surface area contributed by atoms with Gasteiger partial charge in [-0.1, -0.05) is 18.2 Å². The first-order valence-corrected chi connectivity index (χ1v) is 4.85. The predicted molar refractivity (Wildman–Crippen MR) is 60.7 cm³/mol. The molecule has 2 heterocycles. The van der Waals surface area contributed by atoms with Crippen LogP contribution in [0.25, 0.3) is 21.8 Å². The molecule has 3 rings (SSSR count). The summed E-state index contributed by atoms with van der Waals surface area (Å²) in [6.45, 7) is 0.